The van der Waals surface area contributed by atoms with E-state index in [1.54, 1.807) is 47.4 Å². The average molecular weight is 431 g/mol. The van der Waals surface area contributed by atoms with Crippen LogP contribution in [0.1, 0.15) is 24.9 Å². The van der Waals surface area contributed by atoms with Gasteiger partial charge in [0.25, 0.3) is 5.69 Å². The summed E-state index contributed by atoms with van der Waals surface area (Å²) in [5, 5.41) is 14.7. The monoisotopic (exact) mass is 430 g/mol. The first kappa shape index (κ1) is 21.6. The molecule has 0 spiro atoms. The first-order valence-corrected chi connectivity index (χ1v) is 10.0. The maximum absolute atomic E-state index is 12.9. The van der Waals surface area contributed by atoms with Crippen LogP contribution in [0.5, 0.6) is 0 Å². The molecular weight excluding hydrogens is 408 g/mol. The number of nitro benzene ring substituents is 1. The fourth-order valence-electron chi connectivity index (χ4n) is 3.58. The highest BCUT2D eigenvalue weighted by Crippen LogP contribution is 2.28. The number of hydrogen-bond acceptors (Lipinski definition) is 5. The first-order valence-electron chi connectivity index (χ1n) is 9.64. The van der Waals surface area contributed by atoms with E-state index >= 15 is 0 Å². The molecule has 1 atom stereocenters. The van der Waals surface area contributed by atoms with Crippen LogP contribution in [-0.4, -0.2) is 47.8 Å². The van der Waals surface area contributed by atoms with Crippen LogP contribution in [0.15, 0.2) is 48.5 Å². The van der Waals surface area contributed by atoms with Crippen LogP contribution < -0.4 is 10.2 Å². The predicted octanol–water partition coefficient (Wildman–Crippen LogP) is 3.16. The van der Waals surface area contributed by atoms with E-state index in [1.807, 2.05) is 4.90 Å². The number of benzene rings is 2. The first-order chi connectivity index (χ1) is 14.3. The Kier molecular flexibility index (Phi) is 6.89. The molecule has 0 bridgehead atoms. The van der Waals surface area contributed by atoms with Gasteiger partial charge in [0.15, 0.2) is 0 Å². The van der Waals surface area contributed by atoms with Crippen LogP contribution in [0.3, 0.4) is 0 Å². The third-order valence-electron chi connectivity index (χ3n) is 5.08. The van der Waals surface area contributed by atoms with Gasteiger partial charge in [-0.15, -0.1) is 0 Å². The number of halogens is 1. The molecule has 2 amide bonds. The van der Waals surface area contributed by atoms with Gasteiger partial charge in [0, 0.05) is 44.2 Å². The fourth-order valence-corrected chi connectivity index (χ4v) is 3.71. The molecule has 30 heavy (non-hydrogen) atoms. The Hall–Kier alpha value is -3.13. The highest BCUT2D eigenvalue weighted by Gasteiger charge is 2.27. The Bertz CT molecular complexity index is 927. The van der Waals surface area contributed by atoms with Gasteiger partial charge in [-0.1, -0.05) is 35.9 Å². The number of anilines is 1. The van der Waals surface area contributed by atoms with Crippen molar-refractivity contribution in [1.82, 2.24) is 10.2 Å². The van der Waals surface area contributed by atoms with Gasteiger partial charge in [0.05, 0.1) is 17.4 Å². The van der Waals surface area contributed by atoms with E-state index in [9.17, 15) is 19.7 Å². The van der Waals surface area contributed by atoms with Crippen molar-refractivity contribution in [3.63, 3.8) is 0 Å². The van der Waals surface area contributed by atoms with Crippen molar-refractivity contribution in [2.75, 3.05) is 31.1 Å². The average Bonchev–Trinajstić information content (AvgIpc) is 2.73. The smallest absolute Gasteiger partial charge is 0.292 e. The molecule has 1 aliphatic heterocycles. The van der Waals surface area contributed by atoms with Crippen molar-refractivity contribution in [2.24, 2.45) is 0 Å². The SMILES string of the molecule is CC(=O)NC(CC(=O)N1CCN(c2ccccc2[N+](=O)[O-])CC1)c1ccc(Cl)cc1. The number of nitro groups is 1. The topological polar surface area (TPSA) is 95.8 Å². The second-order valence-electron chi connectivity index (χ2n) is 7.12. The molecule has 1 heterocycles. The van der Waals surface area contributed by atoms with Gasteiger partial charge in [-0.2, -0.15) is 0 Å². The normalized spacial score (nSPS) is 14.9. The maximum atomic E-state index is 12.9. The van der Waals surface area contributed by atoms with E-state index < -0.39 is 11.0 Å². The summed E-state index contributed by atoms with van der Waals surface area (Å²) in [7, 11) is 0. The molecule has 1 fully saturated rings. The molecule has 8 nitrogen and oxygen atoms in total. The molecule has 1 unspecified atom stereocenters. The fraction of sp³-hybridized carbons (Fsp3) is 0.333. The second kappa shape index (κ2) is 9.58. The summed E-state index contributed by atoms with van der Waals surface area (Å²) in [5.41, 5.74) is 1.43. The molecule has 158 valence electrons. The summed E-state index contributed by atoms with van der Waals surface area (Å²) < 4.78 is 0. The van der Waals surface area contributed by atoms with Crippen molar-refractivity contribution < 1.29 is 14.5 Å². The van der Waals surface area contributed by atoms with E-state index in [1.165, 1.54) is 13.0 Å². The highest BCUT2D eigenvalue weighted by molar-refractivity contribution is 6.30. The van der Waals surface area contributed by atoms with E-state index in [-0.39, 0.29) is 23.9 Å². The maximum Gasteiger partial charge on any atom is 0.292 e. The molecule has 0 aromatic heterocycles. The lowest BCUT2D eigenvalue weighted by Crippen LogP contribution is -2.49. The van der Waals surface area contributed by atoms with Crippen LogP contribution in [0.2, 0.25) is 5.02 Å². The molecule has 9 heteroatoms. The minimum atomic E-state index is -0.444. The zero-order valence-corrected chi connectivity index (χ0v) is 17.3. The molecule has 2 aromatic rings. The van der Waals surface area contributed by atoms with Crippen molar-refractivity contribution in [3.8, 4) is 0 Å². The third-order valence-corrected chi connectivity index (χ3v) is 5.33. The van der Waals surface area contributed by atoms with Crippen LogP contribution in [0.25, 0.3) is 0 Å². The van der Waals surface area contributed by atoms with Crippen molar-refractivity contribution in [3.05, 3.63) is 69.2 Å². The molecule has 2 aromatic carbocycles. The zero-order chi connectivity index (χ0) is 21.7. The summed E-state index contributed by atoms with van der Waals surface area (Å²) in [6.45, 7) is 3.33. The quantitative estimate of drug-likeness (QED) is 0.561. The number of para-hydroxylation sites is 2. The van der Waals surface area contributed by atoms with E-state index in [2.05, 4.69) is 5.32 Å². The van der Waals surface area contributed by atoms with Crippen molar-refractivity contribution >= 4 is 34.8 Å². The number of nitrogens with zero attached hydrogens (tertiary/aromatic N) is 3. The minimum absolute atomic E-state index is 0.0609. The summed E-state index contributed by atoms with van der Waals surface area (Å²) in [6.07, 6.45) is 0.132. The number of nitrogens with one attached hydrogen (secondary N) is 1. The predicted molar refractivity (Wildman–Crippen MR) is 115 cm³/mol. The molecule has 0 radical (unpaired) electrons. The summed E-state index contributed by atoms with van der Waals surface area (Å²) in [4.78, 5) is 39.0. The second-order valence-corrected chi connectivity index (χ2v) is 7.56. The van der Waals surface area contributed by atoms with E-state index in [0.29, 0.717) is 36.9 Å². The van der Waals surface area contributed by atoms with Gasteiger partial charge < -0.3 is 15.1 Å². The summed E-state index contributed by atoms with van der Waals surface area (Å²) >= 11 is 5.94. The Morgan fingerprint density at radius 2 is 1.73 bits per heavy atom. The number of amides is 2. The van der Waals surface area contributed by atoms with Gasteiger partial charge >= 0.3 is 0 Å². The molecule has 1 aliphatic rings. The van der Waals surface area contributed by atoms with Crippen LogP contribution in [0.4, 0.5) is 11.4 Å². The Balaban J connectivity index is 1.64. The van der Waals surface area contributed by atoms with Crippen molar-refractivity contribution in [1.29, 1.82) is 0 Å². The van der Waals surface area contributed by atoms with Crippen molar-refractivity contribution in [2.45, 2.75) is 19.4 Å². The number of carbonyl (C=O) groups is 2. The molecule has 3 rings (SSSR count). The lowest BCUT2D eigenvalue weighted by atomic mass is 10.0. The number of piperazine rings is 1. The van der Waals surface area contributed by atoms with Gasteiger partial charge in [0.1, 0.15) is 5.69 Å². The number of carbonyl (C=O) groups excluding carboxylic acids is 2. The molecule has 0 aliphatic carbocycles. The van der Waals surface area contributed by atoms with Crippen LogP contribution >= 0.6 is 11.6 Å². The molecule has 1 saturated heterocycles. The Morgan fingerprint density at radius 1 is 1.10 bits per heavy atom. The highest BCUT2D eigenvalue weighted by atomic mass is 35.5. The summed E-state index contributed by atoms with van der Waals surface area (Å²) in [6, 6.07) is 13.2. The summed E-state index contributed by atoms with van der Waals surface area (Å²) in [5.74, 6) is -0.296. The third kappa shape index (κ3) is 5.27. The van der Waals surface area contributed by atoms with Gasteiger partial charge in [-0.05, 0) is 23.8 Å². The number of rotatable bonds is 6. The molecule has 1 N–H and O–H groups in total. The Morgan fingerprint density at radius 3 is 2.33 bits per heavy atom. The largest absolute Gasteiger partial charge is 0.362 e. The zero-order valence-electron chi connectivity index (χ0n) is 16.6. The standard InChI is InChI=1S/C21H23ClN4O4/c1-15(27)23-18(16-6-8-17(22)9-7-16)14-21(28)25-12-10-24(11-13-25)19-4-2-3-5-20(19)26(29)30/h2-9,18H,10-14H2,1H3,(H,23,27). The lowest BCUT2D eigenvalue weighted by Gasteiger charge is -2.36. The number of hydrogen-bond donors (Lipinski definition) is 1. The molecular formula is C21H23ClN4O4. The van der Waals surface area contributed by atoms with E-state index in [0.717, 1.165) is 5.56 Å². The lowest BCUT2D eigenvalue weighted by molar-refractivity contribution is -0.384. The van der Waals surface area contributed by atoms with Gasteiger partial charge in [0.2, 0.25) is 11.8 Å². The van der Waals surface area contributed by atoms with Crippen LogP contribution in [-0.2, 0) is 9.59 Å². The van der Waals surface area contributed by atoms with Crippen LogP contribution in [0, 0.1) is 10.1 Å². The molecule has 0 saturated carbocycles. The van der Waals surface area contributed by atoms with Gasteiger partial charge in [-0.25, -0.2) is 0 Å². The van der Waals surface area contributed by atoms with E-state index in [4.69, 9.17) is 11.6 Å². The minimum Gasteiger partial charge on any atom is -0.362 e. The Labute approximate surface area is 179 Å². The van der Waals surface area contributed by atoms with Gasteiger partial charge in [-0.3, -0.25) is 19.7 Å².